The Hall–Kier alpha value is -1.96. The van der Waals surface area contributed by atoms with Crippen molar-refractivity contribution in [2.24, 2.45) is 0 Å². The van der Waals surface area contributed by atoms with Crippen LogP contribution in [0.3, 0.4) is 0 Å². The highest BCUT2D eigenvalue weighted by Crippen LogP contribution is 2.23. The Morgan fingerprint density at radius 1 is 1.08 bits per heavy atom. The Morgan fingerprint density at radius 3 is 2.32 bits per heavy atom. The van der Waals surface area contributed by atoms with Crippen LogP contribution >= 0.6 is 0 Å². The lowest BCUT2D eigenvalue weighted by Gasteiger charge is -2.36. The molecule has 2 aromatic rings. The molecular weight excluding hydrogens is 340 g/mol. The van der Waals surface area contributed by atoms with Crippen molar-refractivity contribution < 1.29 is 18.3 Å². The largest absolute Gasteiger partial charge is 0.480 e. The molecule has 0 bridgehead atoms. The molecule has 2 aromatic carbocycles. The molecule has 1 aliphatic heterocycles. The van der Waals surface area contributed by atoms with E-state index in [2.05, 4.69) is 0 Å². The number of aliphatic carboxylic acids is 1. The lowest BCUT2D eigenvalue weighted by Crippen LogP contribution is -2.53. The first-order valence-corrected chi connectivity index (χ1v) is 9.83. The van der Waals surface area contributed by atoms with Crippen molar-refractivity contribution in [3.63, 3.8) is 0 Å². The van der Waals surface area contributed by atoms with Gasteiger partial charge in [-0.25, -0.2) is 8.42 Å². The second-order valence-corrected chi connectivity index (χ2v) is 8.15. The lowest BCUT2D eigenvalue weighted by molar-refractivity contribution is -0.143. The first-order chi connectivity index (χ1) is 11.9. The van der Waals surface area contributed by atoms with E-state index in [1.165, 1.54) is 4.31 Å². The molecule has 1 heterocycles. The van der Waals surface area contributed by atoms with Gasteiger partial charge in [-0.1, -0.05) is 37.3 Å². The van der Waals surface area contributed by atoms with Gasteiger partial charge in [0.05, 0.1) is 4.90 Å². The van der Waals surface area contributed by atoms with Gasteiger partial charge >= 0.3 is 5.97 Å². The number of carboxylic acid groups (broad SMARTS) is 1. The van der Waals surface area contributed by atoms with Crippen molar-refractivity contribution in [1.29, 1.82) is 0 Å². The first kappa shape index (κ1) is 17.8. The number of hydrogen-bond acceptors (Lipinski definition) is 4. The van der Waals surface area contributed by atoms with E-state index in [9.17, 15) is 18.3 Å². The van der Waals surface area contributed by atoms with Crippen LogP contribution in [0.4, 0.5) is 0 Å². The van der Waals surface area contributed by atoms with Gasteiger partial charge in [0.1, 0.15) is 6.04 Å². The monoisotopic (exact) mass is 362 g/mol. The Kier molecular flexibility index (Phi) is 5.08. The van der Waals surface area contributed by atoms with E-state index < -0.39 is 22.0 Å². The summed E-state index contributed by atoms with van der Waals surface area (Å²) in [6, 6.07) is 12.2. The van der Waals surface area contributed by atoms with Crippen molar-refractivity contribution in [1.82, 2.24) is 9.21 Å². The summed E-state index contributed by atoms with van der Waals surface area (Å²) in [5.41, 5.74) is 0. The average Bonchev–Trinajstić information content (AvgIpc) is 2.62. The van der Waals surface area contributed by atoms with Gasteiger partial charge in [-0.3, -0.25) is 9.69 Å². The minimum Gasteiger partial charge on any atom is -0.480 e. The number of carboxylic acids is 1. The van der Waals surface area contributed by atoms with Crippen LogP contribution in [0.25, 0.3) is 10.8 Å². The highest BCUT2D eigenvalue weighted by Gasteiger charge is 2.32. The molecule has 1 N–H and O–H groups in total. The smallest absolute Gasteiger partial charge is 0.320 e. The summed E-state index contributed by atoms with van der Waals surface area (Å²) in [4.78, 5) is 13.4. The number of carbonyl (C=O) groups is 1. The summed E-state index contributed by atoms with van der Waals surface area (Å²) in [7, 11) is -3.57. The second kappa shape index (κ2) is 7.11. The predicted molar refractivity (Wildman–Crippen MR) is 96.0 cm³/mol. The fourth-order valence-electron chi connectivity index (χ4n) is 3.32. The minimum atomic E-state index is -3.57. The number of hydrogen-bond donors (Lipinski definition) is 1. The summed E-state index contributed by atoms with van der Waals surface area (Å²) in [5.74, 6) is -0.853. The maximum Gasteiger partial charge on any atom is 0.320 e. The molecular formula is C18H22N2O4S. The zero-order valence-corrected chi connectivity index (χ0v) is 14.9. The van der Waals surface area contributed by atoms with Crippen LogP contribution in [0, 0.1) is 0 Å². The molecule has 3 rings (SSSR count). The second-order valence-electron chi connectivity index (χ2n) is 6.21. The van der Waals surface area contributed by atoms with Gasteiger partial charge in [0, 0.05) is 26.2 Å². The van der Waals surface area contributed by atoms with Crippen molar-refractivity contribution in [3.05, 3.63) is 42.5 Å². The van der Waals surface area contributed by atoms with E-state index in [-0.39, 0.29) is 4.90 Å². The van der Waals surface area contributed by atoms with E-state index in [0.29, 0.717) is 32.6 Å². The number of sulfonamides is 1. The van der Waals surface area contributed by atoms with Gasteiger partial charge in [-0.15, -0.1) is 0 Å². The predicted octanol–water partition coefficient (Wildman–Crippen LogP) is 2.01. The molecule has 0 aliphatic carbocycles. The normalized spacial score (nSPS) is 18.3. The van der Waals surface area contributed by atoms with Gasteiger partial charge in [-0.2, -0.15) is 4.31 Å². The number of piperazine rings is 1. The Bertz CT molecular complexity index is 874. The Balaban J connectivity index is 1.78. The summed E-state index contributed by atoms with van der Waals surface area (Å²) in [5, 5.41) is 11.1. The molecule has 7 heteroatoms. The third kappa shape index (κ3) is 3.53. The molecule has 1 unspecified atom stereocenters. The van der Waals surface area contributed by atoms with Crippen LogP contribution in [-0.2, 0) is 14.8 Å². The quantitative estimate of drug-likeness (QED) is 0.880. The van der Waals surface area contributed by atoms with E-state index >= 15 is 0 Å². The fraction of sp³-hybridized carbons (Fsp3) is 0.389. The summed E-state index contributed by atoms with van der Waals surface area (Å²) < 4.78 is 27.3. The van der Waals surface area contributed by atoms with Gasteiger partial charge in [-0.05, 0) is 29.3 Å². The number of rotatable bonds is 5. The molecule has 0 aromatic heterocycles. The minimum absolute atomic E-state index is 0.282. The van der Waals surface area contributed by atoms with E-state index in [1.807, 2.05) is 42.2 Å². The summed E-state index contributed by atoms with van der Waals surface area (Å²) in [6.07, 6.45) is 0.507. The molecule has 1 fully saturated rings. The van der Waals surface area contributed by atoms with Gasteiger partial charge in [0.2, 0.25) is 10.0 Å². The lowest BCUT2D eigenvalue weighted by atomic mass is 10.1. The molecule has 1 atom stereocenters. The SMILES string of the molecule is CCC(C(=O)O)N1CCN(S(=O)(=O)c2ccc3ccccc3c2)CC1. The third-order valence-corrected chi connectivity index (χ3v) is 6.64. The molecule has 1 aliphatic rings. The van der Waals surface area contributed by atoms with Crippen LogP contribution in [-0.4, -0.2) is 60.9 Å². The molecule has 134 valence electrons. The molecule has 0 amide bonds. The molecule has 0 spiro atoms. The average molecular weight is 362 g/mol. The van der Waals surface area contributed by atoms with Crippen molar-refractivity contribution in [2.75, 3.05) is 26.2 Å². The van der Waals surface area contributed by atoms with E-state index in [4.69, 9.17) is 0 Å². The van der Waals surface area contributed by atoms with E-state index in [0.717, 1.165) is 10.8 Å². The zero-order chi connectivity index (χ0) is 18.0. The van der Waals surface area contributed by atoms with Crippen LogP contribution in [0.15, 0.2) is 47.4 Å². The third-order valence-electron chi connectivity index (χ3n) is 4.74. The van der Waals surface area contributed by atoms with Crippen LogP contribution < -0.4 is 0 Å². The summed E-state index contributed by atoms with van der Waals surface area (Å²) in [6.45, 7) is 3.30. The molecule has 6 nitrogen and oxygen atoms in total. The molecule has 0 radical (unpaired) electrons. The van der Waals surface area contributed by atoms with Gasteiger partial charge < -0.3 is 5.11 Å². The van der Waals surface area contributed by atoms with Crippen LogP contribution in [0.2, 0.25) is 0 Å². The number of benzene rings is 2. The topological polar surface area (TPSA) is 77.9 Å². The highest BCUT2D eigenvalue weighted by atomic mass is 32.2. The first-order valence-electron chi connectivity index (χ1n) is 8.39. The Labute approximate surface area is 147 Å². The fourth-order valence-corrected chi connectivity index (χ4v) is 4.78. The summed E-state index contributed by atoms with van der Waals surface area (Å²) >= 11 is 0. The van der Waals surface area contributed by atoms with Crippen molar-refractivity contribution in [2.45, 2.75) is 24.3 Å². The highest BCUT2D eigenvalue weighted by molar-refractivity contribution is 7.89. The molecule has 0 saturated carbocycles. The van der Waals surface area contributed by atoms with Gasteiger partial charge in [0.25, 0.3) is 0 Å². The van der Waals surface area contributed by atoms with Crippen molar-refractivity contribution >= 4 is 26.8 Å². The van der Waals surface area contributed by atoms with Crippen LogP contribution in [0.5, 0.6) is 0 Å². The standard InChI is InChI=1S/C18H22N2O4S/c1-2-17(18(21)22)19-9-11-20(12-10-19)25(23,24)16-8-7-14-5-3-4-6-15(14)13-16/h3-8,13,17H,2,9-12H2,1H3,(H,21,22). The van der Waals surface area contributed by atoms with Gasteiger partial charge in [0.15, 0.2) is 0 Å². The number of fused-ring (bicyclic) bond motifs is 1. The number of nitrogens with zero attached hydrogens (tertiary/aromatic N) is 2. The zero-order valence-electron chi connectivity index (χ0n) is 14.1. The molecule has 1 saturated heterocycles. The molecule has 25 heavy (non-hydrogen) atoms. The van der Waals surface area contributed by atoms with E-state index in [1.54, 1.807) is 12.1 Å². The maximum atomic E-state index is 12.9. The maximum absolute atomic E-state index is 12.9. The Morgan fingerprint density at radius 2 is 1.72 bits per heavy atom. The van der Waals surface area contributed by atoms with Crippen LogP contribution in [0.1, 0.15) is 13.3 Å². The van der Waals surface area contributed by atoms with Crippen molar-refractivity contribution in [3.8, 4) is 0 Å².